The van der Waals surface area contributed by atoms with Gasteiger partial charge in [0.1, 0.15) is 4.34 Å². The van der Waals surface area contributed by atoms with Crippen LogP contribution in [0.15, 0.2) is 11.4 Å². The van der Waals surface area contributed by atoms with Crippen LogP contribution in [0, 0.1) is 0 Å². The molecule has 0 aliphatic carbocycles. The SMILES string of the molecule is CCc1c(C(C)C)cc2c(c1C(C)C)NC(=O)c1csc(Cl)c1O2. The maximum atomic E-state index is 12.6. The summed E-state index contributed by atoms with van der Waals surface area (Å²) >= 11 is 7.55. The largest absolute Gasteiger partial charge is 0.452 e. The van der Waals surface area contributed by atoms with Gasteiger partial charge < -0.3 is 10.1 Å². The zero-order valence-corrected chi connectivity index (χ0v) is 16.2. The Hall–Kier alpha value is -1.52. The van der Waals surface area contributed by atoms with E-state index in [1.807, 2.05) is 0 Å². The first kappa shape index (κ1) is 17.3. The van der Waals surface area contributed by atoms with Crippen molar-refractivity contribution in [2.45, 2.75) is 52.9 Å². The number of benzene rings is 1. The number of nitrogens with one attached hydrogen (secondary N) is 1. The highest BCUT2D eigenvalue weighted by Crippen LogP contribution is 2.48. The van der Waals surface area contributed by atoms with Crippen molar-refractivity contribution in [3.05, 3.63) is 38.0 Å². The number of anilines is 1. The van der Waals surface area contributed by atoms with Crippen LogP contribution >= 0.6 is 22.9 Å². The van der Waals surface area contributed by atoms with Crippen molar-refractivity contribution < 1.29 is 9.53 Å². The molecule has 0 saturated heterocycles. The molecule has 5 heteroatoms. The Labute approximate surface area is 152 Å². The minimum Gasteiger partial charge on any atom is -0.452 e. The van der Waals surface area contributed by atoms with Gasteiger partial charge in [0, 0.05) is 5.38 Å². The third-order valence-electron chi connectivity index (χ3n) is 4.43. The van der Waals surface area contributed by atoms with Crippen molar-refractivity contribution in [2.75, 3.05) is 5.32 Å². The van der Waals surface area contributed by atoms with E-state index in [1.54, 1.807) is 5.38 Å². The highest BCUT2D eigenvalue weighted by molar-refractivity contribution is 7.15. The van der Waals surface area contributed by atoms with Gasteiger partial charge in [0.25, 0.3) is 5.91 Å². The zero-order valence-electron chi connectivity index (χ0n) is 14.6. The summed E-state index contributed by atoms with van der Waals surface area (Å²) < 4.78 is 6.62. The fraction of sp³-hybridized carbons (Fsp3) is 0.421. The Morgan fingerprint density at radius 3 is 2.54 bits per heavy atom. The predicted molar refractivity (Wildman–Crippen MR) is 101 cm³/mol. The van der Waals surface area contributed by atoms with Gasteiger partial charge in [0.15, 0.2) is 11.5 Å². The summed E-state index contributed by atoms with van der Waals surface area (Å²) in [6.07, 6.45) is 0.923. The molecule has 2 heterocycles. The van der Waals surface area contributed by atoms with E-state index in [2.05, 4.69) is 46.0 Å². The molecule has 3 nitrogen and oxygen atoms in total. The van der Waals surface area contributed by atoms with Gasteiger partial charge in [-0.15, -0.1) is 11.3 Å². The van der Waals surface area contributed by atoms with Crippen molar-refractivity contribution in [3.63, 3.8) is 0 Å². The molecule has 1 aliphatic heterocycles. The van der Waals surface area contributed by atoms with Crippen molar-refractivity contribution in [1.29, 1.82) is 0 Å². The van der Waals surface area contributed by atoms with E-state index in [0.717, 1.165) is 17.7 Å². The first-order chi connectivity index (χ1) is 11.3. The number of ether oxygens (including phenoxy) is 1. The standard InChI is InChI=1S/C19H22ClNO2S/c1-6-11-12(9(2)3)7-14-16(15(11)10(4)5)21-19(22)13-8-24-18(20)17(13)23-14/h7-10H,6H2,1-5H3,(H,21,22). The predicted octanol–water partition coefficient (Wildman–Crippen LogP) is 6.57. The number of halogens is 1. The molecule has 0 radical (unpaired) electrons. The zero-order chi connectivity index (χ0) is 17.6. The van der Waals surface area contributed by atoms with E-state index in [0.29, 0.717) is 27.3 Å². The summed E-state index contributed by atoms with van der Waals surface area (Å²) in [6, 6.07) is 2.06. The van der Waals surface area contributed by atoms with Crippen LogP contribution in [-0.4, -0.2) is 5.91 Å². The van der Waals surface area contributed by atoms with E-state index in [1.165, 1.54) is 22.5 Å². The van der Waals surface area contributed by atoms with Crippen LogP contribution in [0.25, 0.3) is 0 Å². The van der Waals surface area contributed by atoms with Crippen molar-refractivity contribution >= 4 is 34.5 Å². The van der Waals surface area contributed by atoms with Crippen LogP contribution in [0.3, 0.4) is 0 Å². The molecule has 1 aromatic heterocycles. The molecule has 0 bridgehead atoms. The average Bonchev–Trinajstić information content (AvgIpc) is 2.81. The van der Waals surface area contributed by atoms with Gasteiger partial charge >= 0.3 is 0 Å². The Morgan fingerprint density at radius 1 is 1.25 bits per heavy atom. The Kier molecular flexibility index (Phi) is 4.63. The van der Waals surface area contributed by atoms with Gasteiger partial charge in [-0.25, -0.2) is 0 Å². The molecular formula is C19H22ClNO2S. The van der Waals surface area contributed by atoms with E-state index in [4.69, 9.17) is 16.3 Å². The fourth-order valence-corrected chi connectivity index (χ4v) is 4.33. The highest BCUT2D eigenvalue weighted by Gasteiger charge is 2.29. The second-order valence-corrected chi connectivity index (χ2v) is 8.18. The second kappa shape index (κ2) is 6.41. The maximum absolute atomic E-state index is 12.6. The first-order valence-electron chi connectivity index (χ1n) is 8.30. The molecule has 3 rings (SSSR count). The molecular weight excluding hydrogens is 342 g/mol. The normalized spacial score (nSPS) is 13.4. The van der Waals surface area contributed by atoms with E-state index in [-0.39, 0.29) is 11.8 Å². The van der Waals surface area contributed by atoms with Crippen molar-refractivity contribution in [3.8, 4) is 11.5 Å². The lowest BCUT2D eigenvalue weighted by molar-refractivity contribution is 0.102. The molecule has 2 aromatic rings. The van der Waals surface area contributed by atoms with Crippen LogP contribution in [0.4, 0.5) is 5.69 Å². The molecule has 0 unspecified atom stereocenters. The van der Waals surface area contributed by atoms with Crippen LogP contribution in [0.2, 0.25) is 4.34 Å². The molecule has 128 valence electrons. The van der Waals surface area contributed by atoms with Gasteiger partial charge in [-0.3, -0.25) is 4.79 Å². The number of fused-ring (bicyclic) bond motifs is 2. The Bertz CT molecular complexity index is 808. The minimum atomic E-state index is -0.159. The van der Waals surface area contributed by atoms with E-state index < -0.39 is 0 Å². The Balaban J connectivity index is 2.30. The molecule has 24 heavy (non-hydrogen) atoms. The first-order valence-corrected chi connectivity index (χ1v) is 9.56. The molecule has 0 atom stereocenters. The number of amides is 1. The molecule has 1 N–H and O–H groups in total. The smallest absolute Gasteiger partial charge is 0.260 e. The number of rotatable bonds is 3. The number of hydrogen-bond donors (Lipinski definition) is 1. The monoisotopic (exact) mass is 363 g/mol. The summed E-state index contributed by atoms with van der Waals surface area (Å²) in [6.45, 7) is 10.8. The molecule has 1 aliphatic rings. The van der Waals surface area contributed by atoms with Crippen molar-refractivity contribution in [1.82, 2.24) is 0 Å². The molecule has 0 spiro atoms. The number of hydrogen-bond acceptors (Lipinski definition) is 3. The summed E-state index contributed by atoms with van der Waals surface area (Å²) in [5.74, 6) is 1.65. The average molecular weight is 364 g/mol. The molecule has 1 aromatic carbocycles. The van der Waals surface area contributed by atoms with Crippen LogP contribution in [-0.2, 0) is 6.42 Å². The summed E-state index contributed by atoms with van der Waals surface area (Å²) in [5, 5.41) is 4.81. The van der Waals surface area contributed by atoms with Gasteiger partial charge in [0.2, 0.25) is 0 Å². The van der Waals surface area contributed by atoms with Gasteiger partial charge in [-0.05, 0) is 41.0 Å². The lowest BCUT2D eigenvalue weighted by Gasteiger charge is -2.24. The molecule has 0 saturated carbocycles. The van der Waals surface area contributed by atoms with Gasteiger partial charge in [-0.2, -0.15) is 0 Å². The van der Waals surface area contributed by atoms with Crippen molar-refractivity contribution in [2.24, 2.45) is 0 Å². The minimum absolute atomic E-state index is 0.159. The summed E-state index contributed by atoms with van der Waals surface area (Å²) in [5.41, 5.74) is 5.02. The number of thiophene rings is 1. The second-order valence-electron chi connectivity index (χ2n) is 6.70. The summed E-state index contributed by atoms with van der Waals surface area (Å²) in [4.78, 5) is 12.6. The van der Waals surface area contributed by atoms with E-state index in [9.17, 15) is 4.79 Å². The van der Waals surface area contributed by atoms with Gasteiger partial charge in [0.05, 0.1) is 11.3 Å². The highest BCUT2D eigenvalue weighted by atomic mass is 35.5. The van der Waals surface area contributed by atoms with E-state index >= 15 is 0 Å². The van der Waals surface area contributed by atoms with Gasteiger partial charge in [-0.1, -0.05) is 46.2 Å². The molecule has 1 amide bonds. The maximum Gasteiger partial charge on any atom is 0.260 e. The topological polar surface area (TPSA) is 38.3 Å². The molecule has 0 fully saturated rings. The number of carbonyl (C=O) groups is 1. The van der Waals surface area contributed by atoms with Crippen LogP contribution < -0.4 is 10.1 Å². The third-order valence-corrected chi connectivity index (χ3v) is 5.61. The quantitative estimate of drug-likeness (QED) is 0.669. The third kappa shape index (κ3) is 2.72. The fourth-order valence-electron chi connectivity index (χ4n) is 3.36. The summed E-state index contributed by atoms with van der Waals surface area (Å²) in [7, 11) is 0. The number of carbonyl (C=O) groups excluding carboxylic acids is 1. The lowest BCUT2D eigenvalue weighted by atomic mass is 9.85. The lowest BCUT2D eigenvalue weighted by Crippen LogP contribution is -2.14. The Morgan fingerprint density at radius 2 is 1.96 bits per heavy atom. The van der Waals surface area contributed by atoms with Crippen LogP contribution in [0.5, 0.6) is 11.5 Å². The van der Waals surface area contributed by atoms with Crippen LogP contribution in [0.1, 0.15) is 73.5 Å².